The zero-order valence-electron chi connectivity index (χ0n) is 14.2. The van der Waals surface area contributed by atoms with Gasteiger partial charge in [-0.25, -0.2) is 4.79 Å². The van der Waals surface area contributed by atoms with Crippen LogP contribution in [0.15, 0.2) is 29.4 Å². The van der Waals surface area contributed by atoms with E-state index >= 15 is 0 Å². The lowest BCUT2D eigenvalue weighted by atomic mass is 10.2. The topological polar surface area (TPSA) is 53.9 Å². The molecule has 7 heteroatoms. The number of halogens is 2. The van der Waals surface area contributed by atoms with Crippen LogP contribution in [0, 0.1) is 17.7 Å². The van der Waals surface area contributed by atoms with Crippen molar-refractivity contribution in [2.24, 2.45) is 5.10 Å². The molecule has 5 nitrogen and oxygen atoms in total. The Labute approximate surface area is 156 Å². The standard InChI is InChI=1S/C17H21BrClN3O2/c1-13-8-5-6-9-14(13)20-21-15(19)12-22(11-7-10-18)16(23)24-17(2,3)4/h5-6,8-9,20H,11-12H2,1-4H3/b21-15-. The summed E-state index contributed by atoms with van der Waals surface area (Å²) in [6, 6.07) is 7.70. The number of para-hydroxylation sites is 1. The van der Waals surface area contributed by atoms with Crippen molar-refractivity contribution in [3.8, 4) is 10.8 Å². The van der Waals surface area contributed by atoms with E-state index in [0.29, 0.717) is 0 Å². The van der Waals surface area contributed by atoms with E-state index in [2.05, 4.69) is 37.2 Å². The number of aryl methyl sites for hydroxylation is 1. The number of carbonyl (C=O) groups is 1. The molecule has 0 radical (unpaired) electrons. The number of hydrogen-bond acceptors (Lipinski definition) is 4. The third kappa shape index (κ3) is 7.71. The summed E-state index contributed by atoms with van der Waals surface area (Å²) in [4.78, 5) is 16.2. The second-order valence-electron chi connectivity index (χ2n) is 6.02. The summed E-state index contributed by atoms with van der Waals surface area (Å²) < 4.78 is 5.35. The molecule has 0 saturated carbocycles. The van der Waals surface area contributed by atoms with Crippen LogP contribution in [0.3, 0.4) is 0 Å². The van der Waals surface area contributed by atoms with Gasteiger partial charge in [0.2, 0.25) is 0 Å². The lowest BCUT2D eigenvalue weighted by molar-refractivity contribution is 0.0303. The van der Waals surface area contributed by atoms with Gasteiger partial charge in [-0.15, -0.1) is 0 Å². The van der Waals surface area contributed by atoms with E-state index < -0.39 is 11.7 Å². The first-order valence-corrected chi connectivity index (χ1v) is 8.50. The molecular weight excluding hydrogens is 394 g/mol. The van der Waals surface area contributed by atoms with Crippen LogP contribution in [0.2, 0.25) is 0 Å². The molecule has 1 amide bonds. The average molecular weight is 415 g/mol. The fourth-order valence-corrected chi connectivity index (χ4v) is 1.96. The quantitative estimate of drug-likeness (QED) is 0.437. The molecule has 1 aromatic rings. The van der Waals surface area contributed by atoms with Gasteiger partial charge in [0.05, 0.1) is 18.8 Å². The molecule has 1 rings (SSSR count). The molecule has 1 aromatic carbocycles. The fourth-order valence-electron chi connectivity index (χ4n) is 1.65. The van der Waals surface area contributed by atoms with Crippen LogP contribution in [-0.2, 0) is 4.74 Å². The lowest BCUT2D eigenvalue weighted by Gasteiger charge is -2.25. The molecule has 0 heterocycles. The van der Waals surface area contributed by atoms with Crippen LogP contribution in [0.1, 0.15) is 26.3 Å². The maximum Gasteiger partial charge on any atom is 0.411 e. The Morgan fingerprint density at radius 1 is 1.42 bits per heavy atom. The first-order valence-electron chi connectivity index (χ1n) is 7.33. The zero-order chi connectivity index (χ0) is 18.2. The molecule has 1 N–H and O–H groups in total. The van der Waals surface area contributed by atoms with Gasteiger partial charge in [-0.05, 0) is 44.2 Å². The van der Waals surface area contributed by atoms with E-state index in [9.17, 15) is 4.79 Å². The van der Waals surface area contributed by atoms with Crippen LogP contribution >= 0.6 is 27.5 Å². The van der Waals surface area contributed by atoms with E-state index in [4.69, 9.17) is 16.3 Å². The normalized spacial score (nSPS) is 11.3. The minimum atomic E-state index is -0.597. The van der Waals surface area contributed by atoms with Crippen LogP contribution in [0.4, 0.5) is 10.5 Å². The first-order chi connectivity index (χ1) is 11.2. The lowest BCUT2D eigenvalue weighted by Crippen LogP contribution is -2.39. The van der Waals surface area contributed by atoms with Crippen LogP contribution in [0.25, 0.3) is 0 Å². The Morgan fingerprint density at radius 2 is 2.08 bits per heavy atom. The highest BCUT2D eigenvalue weighted by atomic mass is 79.9. The van der Waals surface area contributed by atoms with Crippen molar-refractivity contribution in [1.29, 1.82) is 0 Å². The largest absolute Gasteiger partial charge is 0.444 e. The van der Waals surface area contributed by atoms with Gasteiger partial charge < -0.3 is 4.74 Å². The number of nitrogens with zero attached hydrogens (tertiary/aromatic N) is 2. The molecule has 0 atom stereocenters. The fraction of sp³-hybridized carbons (Fsp3) is 0.412. The molecule has 0 spiro atoms. The Balaban J connectivity index is 2.77. The number of benzene rings is 1. The van der Waals surface area contributed by atoms with Gasteiger partial charge in [-0.3, -0.25) is 10.3 Å². The molecule has 0 aliphatic carbocycles. The van der Waals surface area contributed by atoms with Crippen LogP contribution < -0.4 is 5.43 Å². The number of hydrogen-bond donors (Lipinski definition) is 1. The van der Waals surface area contributed by atoms with Crippen molar-refractivity contribution in [2.45, 2.75) is 33.3 Å². The van der Waals surface area contributed by atoms with E-state index in [1.165, 1.54) is 4.90 Å². The molecule has 0 fully saturated rings. The summed E-state index contributed by atoms with van der Waals surface area (Å²) in [6.45, 7) is 7.63. The van der Waals surface area contributed by atoms with Crippen molar-refractivity contribution in [3.63, 3.8) is 0 Å². The monoisotopic (exact) mass is 413 g/mol. The third-order valence-corrected chi connectivity index (χ3v) is 3.24. The Morgan fingerprint density at radius 3 is 2.67 bits per heavy atom. The van der Waals surface area contributed by atoms with Gasteiger partial charge in [-0.1, -0.05) is 35.7 Å². The highest BCUT2D eigenvalue weighted by Gasteiger charge is 2.22. The predicted octanol–water partition coefficient (Wildman–Crippen LogP) is 4.55. The van der Waals surface area contributed by atoms with Gasteiger partial charge in [0.1, 0.15) is 10.8 Å². The number of amides is 1. The van der Waals surface area contributed by atoms with Gasteiger partial charge in [0.15, 0.2) is 0 Å². The van der Waals surface area contributed by atoms with Crippen molar-refractivity contribution < 1.29 is 9.53 Å². The van der Waals surface area contributed by atoms with Crippen LogP contribution in [0.5, 0.6) is 0 Å². The second-order valence-corrected chi connectivity index (χ2v) is 6.86. The first kappa shape index (κ1) is 20.3. The van der Waals surface area contributed by atoms with E-state index in [1.807, 2.05) is 31.2 Å². The van der Waals surface area contributed by atoms with Gasteiger partial charge >= 0.3 is 6.09 Å². The number of rotatable bonds is 5. The summed E-state index contributed by atoms with van der Waals surface area (Å²) >= 11 is 9.16. The SMILES string of the molecule is Cc1ccccc1N/N=C(\Cl)CN(CC#CBr)C(=O)OC(C)(C)C. The molecule has 0 bridgehead atoms. The number of hydrazone groups is 1. The van der Waals surface area contributed by atoms with Gasteiger partial charge in [0, 0.05) is 15.9 Å². The Kier molecular flexibility index (Phi) is 8.09. The Hall–Kier alpha value is -1.71. The smallest absolute Gasteiger partial charge is 0.411 e. The minimum absolute atomic E-state index is 0.0943. The third-order valence-electron chi connectivity index (χ3n) is 2.75. The second kappa shape index (κ2) is 9.55. The molecule has 24 heavy (non-hydrogen) atoms. The van der Waals surface area contributed by atoms with Gasteiger partial charge in [0.25, 0.3) is 0 Å². The number of ether oxygens (including phenoxy) is 1. The van der Waals surface area contributed by atoms with Crippen molar-refractivity contribution in [1.82, 2.24) is 4.90 Å². The molecule has 0 unspecified atom stereocenters. The number of nitrogens with one attached hydrogen (secondary N) is 1. The minimum Gasteiger partial charge on any atom is -0.444 e. The maximum absolute atomic E-state index is 12.2. The highest BCUT2D eigenvalue weighted by Crippen LogP contribution is 2.14. The predicted molar refractivity (Wildman–Crippen MR) is 103 cm³/mol. The zero-order valence-corrected chi connectivity index (χ0v) is 16.5. The van der Waals surface area contributed by atoms with Crippen molar-refractivity contribution >= 4 is 44.5 Å². The Bertz CT molecular complexity index is 660. The summed E-state index contributed by atoms with van der Waals surface area (Å²) in [7, 11) is 0. The summed E-state index contributed by atoms with van der Waals surface area (Å²) in [5.74, 6) is 2.76. The molecule has 0 aliphatic rings. The van der Waals surface area contributed by atoms with Gasteiger partial charge in [-0.2, -0.15) is 5.10 Å². The number of carbonyl (C=O) groups excluding carboxylic acids is 1. The molecule has 0 aromatic heterocycles. The van der Waals surface area contributed by atoms with Crippen molar-refractivity contribution in [3.05, 3.63) is 29.8 Å². The van der Waals surface area contributed by atoms with E-state index in [-0.39, 0.29) is 18.3 Å². The molecule has 0 saturated heterocycles. The molecule has 130 valence electrons. The van der Waals surface area contributed by atoms with Crippen molar-refractivity contribution in [2.75, 3.05) is 18.5 Å². The highest BCUT2D eigenvalue weighted by molar-refractivity contribution is 9.12. The van der Waals surface area contributed by atoms with E-state index in [0.717, 1.165) is 11.3 Å². The summed E-state index contributed by atoms with van der Waals surface area (Å²) in [5.41, 5.74) is 4.18. The molecular formula is C17H21BrClN3O2. The summed E-state index contributed by atoms with van der Waals surface area (Å²) in [5, 5.41) is 4.33. The average Bonchev–Trinajstić information content (AvgIpc) is 2.48. The van der Waals surface area contributed by atoms with E-state index in [1.54, 1.807) is 20.8 Å². The number of anilines is 1. The maximum atomic E-state index is 12.2. The summed E-state index contributed by atoms with van der Waals surface area (Å²) in [6.07, 6.45) is -0.498. The van der Waals surface area contributed by atoms with Crippen LogP contribution in [-0.4, -0.2) is 34.9 Å². The molecule has 0 aliphatic heterocycles.